The first-order valence-corrected chi connectivity index (χ1v) is 6.03. The summed E-state index contributed by atoms with van der Waals surface area (Å²) < 4.78 is 10.5. The zero-order valence-electron chi connectivity index (χ0n) is 11.3. The zero-order chi connectivity index (χ0) is 14.5. The van der Waals surface area contributed by atoms with Crippen LogP contribution in [0, 0.1) is 0 Å². The molecule has 0 unspecified atom stereocenters. The minimum Gasteiger partial charge on any atom is -0.496 e. The third kappa shape index (κ3) is 2.57. The van der Waals surface area contributed by atoms with Gasteiger partial charge in [0.1, 0.15) is 11.5 Å². The topological polar surface area (TPSA) is 73.6 Å². The summed E-state index contributed by atoms with van der Waals surface area (Å²) in [6.45, 7) is 0. The highest BCUT2D eigenvalue weighted by Gasteiger charge is 2.18. The van der Waals surface area contributed by atoms with Crippen molar-refractivity contribution in [3.05, 3.63) is 53.6 Å². The first kappa shape index (κ1) is 13.9. The maximum atomic E-state index is 12.5. The van der Waals surface area contributed by atoms with E-state index >= 15 is 0 Å². The standard InChI is InChI=1S/C15H16N2O3/c1-19-13-9-12(17-16)14(20-2)8-11(13)15(18)10-6-4-3-5-7-10/h3-9,17H,16H2,1-2H3. The largest absolute Gasteiger partial charge is 0.496 e. The number of hydrogen-bond acceptors (Lipinski definition) is 5. The van der Waals surface area contributed by atoms with Gasteiger partial charge >= 0.3 is 0 Å². The van der Waals surface area contributed by atoms with Gasteiger partial charge in [0.2, 0.25) is 0 Å². The molecule has 0 fully saturated rings. The summed E-state index contributed by atoms with van der Waals surface area (Å²) in [5.41, 5.74) is 4.07. The van der Waals surface area contributed by atoms with Crippen molar-refractivity contribution in [1.29, 1.82) is 0 Å². The number of nitrogens with one attached hydrogen (secondary N) is 1. The maximum absolute atomic E-state index is 12.5. The number of carbonyl (C=O) groups excluding carboxylic acids is 1. The second kappa shape index (κ2) is 6.08. The van der Waals surface area contributed by atoms with Crippen LogP contribution >= 0.6 is 0 Å². The van der Waals surface area contributed by atoms with Crippen molar-refractivity contribution < 1.29 is 14.3 Å². The van der Waals surface area contributed by atoms with E-state index in [9.17, 15) is 4.79 Å². The molecule has 0 bridgehead atoms. The predicted molar refractivity (Wildman–Crippen MR) is 77.2 cm³/mol. The van der Waals surface area contributed by atoms with Gasteiger partial charge in [-0.2, -0.15) is 0 Å². The predicted octanol–water partition coefficient (Wildman–Crippen LogP) is 2.22. The number of methoxy groups -OCH3 is 2. The summed E-state index contributed by atoms with van der Waals surface area (Å²) in [6, 6.07) is 12.2. The summed E-state index contributed by atoms with van der Waals surface area (Å²) in [6.07, 6.45) is 0. The van der Waals surface area contributed by atoms with E-state index in [1.165, 1.54) is 14.2 Å². The summed E-state index contributed by atoms with van der Waals surface area (Å²) in [4.78, 5) is 12.5. The maximum Gasteiger partial charge on any atom is 0.196 e. The van der Waals surface area contributed by atoms with E-state index < -0.39 is 0 Å². The summed E-state index contributed by atoms with van der Waals surface area (Å²) in [5.74, 6) is 6.20. The van der Waals surface area contributed by atoms with Gasteiger partial charge in [-0.1, -0.05) is 30.3 Å². The lowest BCUT2D eigenvalue weighted by Gasteiger charge is -2.13. The van der Waals surface area contributed by atoms with E-state index in [2.05, 4.69) is 5.43 Å². The molecule has 0 aliphatic rings. The Bertz CT molecular complexity index is 612. The molecule has 0 saturated heterocycles. The molecule has 0 atom stereocenters. The smallest absolute Gasteiger partial charge is 0.196 e. The van der Waals surface area contributed by atoms with Gasteiger partial charge in [-0.3, -0.25) is 10.6 Å². The van der Waals surface area contributed by atoms with Crippen molar-refractivity contribution >= 4 is 11.5 Å². The van der Waals surface area contributed by atoms with Crippen LogP contribution in [0.4, 0.5) is 5.69 Å². The van der Waals surface area contributed by atoms with Crippen molar-refractivity contribution in [3.8, 4) is 11.5 Å². The Balaban J connectivity index is 2.53. The van der Waals surface area contributed by atoms with Gasteiger partial charge in [0.25, 0.3) is 0 Å². The van der Waals surface area contributed by atoms with Crippen molar-refractivity contribution in [2.24, 2.45) is 5.84 Å². The number of carbonyl (C=O) groups is 1. The summed E-state index contributed by atoms with van der Waals surface area (Å²) in [5, 5.41) is 0. The Morgan fingerprint density at radius 2 is 1.70 bits per heavy atom. The molecule has 2 aromatic rings. The molecular formula is C15H16N2O3. The van der Waals surface area contributed by atoms with Crippen LogP contribution in [0.25, 0.3) is 0 Å². The molecular weight excluding hydrogens is 256 g/mol. The van der Waals surface area contributed by atoms with Crippen LogP contribution in [-0.4, -0.2) is 20.0 Å². The number of nitrogens with two attached hydrogens (primary N) is 1. The Hall–Kier alpha value is -2.53. The fourth-order valence-electron chi connectivity index (χ4n) is 1.93. The summed E-state index contributed by atoms with van der Waals surface area (Å²) in [7, 11) is 3.02. The molecule has 0 radical (unpaired) electrons. The quantitative estimate of drug-likeness (QED) is 0.496. The van der Waals surface area contributed by atoms with E-state index in [0.717, 1.165) is 0 Å². The van der Waals surface area contributed by atoms with Crippen LogP contribution in [0.3, 0.4) is 0 Å². The molecule has 3 N–H and O–H groups in total. The lowest BCUT2D eigenvalue weighted by Crippen LogP contribution is -2.10. The van der Waals surface area contributed by atoms with Crippen LogP contribution in [0.5, 0.6) is 11.5 Å². The number of ether oxygens (including phenoxy) is 2. The number of rotatable bonds is 5. The Kier molecular flexibility index (Phi) is 4.22. The number of anilines is 1. The molecule has 2 aromatic carbocycles. The molecule has 5 heteroatoms. The molecule has 0 aromatic heterocycles. The Morgan fingerprint density at radius 3 is 2.25 bits per heavy atom. The number of ketones is 1. The van der Waals surface area contributed by atoms with Crippen molar-refractivity contribution in [3.63, 3.8) is 0 Å². The third-order valence-electron chi connectivity index (χ3n) is 2.96. The van der Waals surface area contributed by atoms with Gasteiger partial charge in [-0.05, 0) is 6.07 Å². The fraction of sp³-hybridized carbons (Fsp3) is 0.133. The van der Waals surface area contributed by atoms with E-state index in [0.29, 0.717) is 28.3 Å². The average molecular weight is 272 g/mol. The van der Waals surface area contributed by atoms with E-state index in [4.69, 9.17) is 15.3 Å². The van der Waals surface area contributed by atoms with E-state index in [-0.39, 0.29) is 5.78 Å². The normalized spacial score (nSPS) is 9.95. The first-order valence-electron chi connectivity index (χ1n) is 6.03. The molecule has 0 saturated carbocycles. The molecule has 0 spiro atoms. The van der Waals surface area contributed by atoms with E-state index in [1.54, 1.807) is 24.3 Å². The fourth-order valence-corrected chi connectivity index (χ4v) is 1.93. The van der Waals surface area contributed by atoms with E-state index in [1.807, 2.05) is 18.2 Å². The van der Waals surface area contributed by atoms with Crippen LogP contribution in [0.2, 0.25) is 0 Å². The van der Waals surface area contributed by atoms with Crippen molar-refractivity contribution in [2.45, 2.75) is 0 Å². The van der Waals surface area contributed by atoms with Gasteiger partial charge in [-0.15, -0.1) is 0 Å². The monoisotopic (exact) mass is 272 g/mol. The molecule has 20 heavy (non-hydrogen) atoms. The van der Waals surface area contributed by atoms with Crippen molar-refractivity contribution in [1.82, 2.24) is 0 Å². The molecule has 0 aliphatic carbocycles. The van der Waals surface area contributed by atoms with Crippen LogP contribution in [-0.2, 0) is 0 Å². The molecule has 0 heterocycles. The van der Waals surface area contributed by atoms with Crippen LogP contribution < -0.4 is 20.7 Å². The second-order valence-corrected chi connectivity index (χ2v) is 4.09. The molecule has 104 valence electrons. The van der Waals surface area contributed by atoms with Gasteiger partial charge in [0, 0.05) is 11.6 Å². The molecule has 0 aliphatic heterocycles. The highest BCUT2D eigenvalue weighted by atomic mass is 16.5. The lowest BCUT2D eigenvalue weighted by molar-refractivity contribution is 0.103. The first-order chi connectivity index (χ1) is 9.71. The minimum atomic E-state index is -0.135. The second-order valence-electron chi connectivity index (χ2n) is 4.09. The Morgan fingerprint density at radius 1 is 1.05 bits per heavy atom. The zero-order valence-corrected chi connectivity index (χ0v) is 11.3. The highest BCUT2D eigenvalue weighted by molar-refractivity contribution is 6.11. The average Bonchev–Trinajstić information content (AvgIpc) is 2.53. The highest BCUT2D eigenvalue weighted by Crippen LogP contribution is 2.33. The summed E-state index contributed by atoms with van der Waals surface area (Å²) >= 11 is 0. The van der Waals surface area contributed by atoms with Gasteiger partial charge < -0.3 is 14.9 Å². The SMILES string of the molecule is COc1cc(C(=O)c2ccccc2)c(OC)cc1NN. The number of benzene rings is 2. The molecule has 5 nitrogen and oxygen atoms in total. The van der Waals surface area contributed by atoms with Gasteiger partial charge in [0.15, 0.2) is 5.78 Å². The minimum absolute atomic E-state index is 0.135. The number of hydrogen-bond donors (Lipinski definition) is 2. The number of nitrogen functional groups attached to an aromatic ring is 1. The molecule has 2 rings (SSSR count). The third-order valence-corrected chi connectivity index (χ3v) is 2.96. The lowest BCUT2D eigenvalue weighted by atomic mass is 10.0. The van der Waals surface area contributed by atoms with Crippen LogP contribution in [0.15, 0.2) is 42.5 Å². The van der Waals surface area contributed by atoms with Crippen molar-refractivity contribution in [2.75, 3.05) is 19.6 Å². The number of hydrazine groups is 1. The van der Waals surface area contributed by atoms with Gasteiger partial charge in [0.05, 0.1) is 25.5 Å². The Labute approximate surface area is 117 Å². The van der Waals surface area contributed by atoms with Gasteiger partial charge in [-0.25, -0.2) is 0 Å². The molecule has 0 amide bonds. The van der Waals surface area contributed by atoms with Crippen LogP contribution in [0.1, 0.15) is 15.9 Å².